The number of unbranched alkanes of at least 4 members (excludes halogenated alkanes) is 11. The van der Waals surface area contributed by atoms with Gasteiger partial charge in [0.15, 0.2) is 0 Å². The lowest BCUT2D eigenvalue weighted by molar-refractivity contribution is -0.910. The van der Waals surface area contributed by atoms with Crippen LogP contribution < -0.4 is 17.0 Å². The summed E-state index contributed by atoms with van der Waals surface area (Å²) in [5, 5.41) is 18.2. The van der Waals surface area contributed by atoms with Crippen LogP contribution in [0.5, 0.6) is 0 Å². The number of rotatable bonds is 17. The molecule has 0 aromatic heterocycles. The highest BCUT2D eigenvalue weighted by atomic mass is 79.9. The van der Waals surface area contributed by atoms with Crippen molar-refractivity contribution in [2.75, 3.05) is 39.9 Å². The van der Waals surface area contributed by atoms with Crippen molar-refractivity contribution in [1.29, 1.82) is 0 Å². The topological polar surface area (TPSA) is 40.5 Å². The third-order valence-electron chi connectivity index (χ3n) is 4.83. The number of aliphatic hydroxyl groups excluding tert-OH is 2. The SMILES string of the molecule is CCCCCCCCCCCCCC[N+](C)(CCO)CCO.[Br-]. The predicted molar refractivity (Wildman–Crippen MR) is 96.0 cm³/mol. The van der Waals surface area contributed by atoms with Crippen LogP contribution in [0.15, 0.2) is 0 Å². The summed E-state index contributed by atoms with van der Waals surface area (Å²) in [6.45, 7) is 5.31. The Kier molecular flexibility index (Phi) is 20.8. The van der Waals surface area contributed by atoms with E-state index in [0.717, 1.165) is 24.1 Å². The molecule has 0 bridgehead atoms. The van der Waals surface area contributed by atoms with Gasteiger partial charge >= 0.3 is 0 Å². The van der Waals surface area contributed by atoms with Gasteiger partial charge < -0.3 is 31.7 Å². The maximum Gasteiger partial charge on any atom is 0.102 e. The average Bonchev–Trinajstić information content (AvgIpc) is 2.49. The van der Waals surface area contributed by atoms with Gasteiger partial charge in [0, 0.05) is 0 Å². The number of likely N-dealkylation sites (N-methyl/N-ethyl adjacent to an activating group) is 1. The molecule has 4 heteroatoms. The van der Waals surface area contributed by atoms with Gasteiger partial charge in [0.1, 0.15) is 13.1 Å². The van der Waals surface area contributed by atoms with E-state index in [1.165, 1.54) is 77.0 Å². The number of quaternary nitrogens is 1. The first kappa shape index (κ1) is 25.6. The molecule has 2 N–H and O–H groups in total. The molecule has 0 fully saturated rings. The lowest BCUT2D eigenvalue weighted by atomic mass is 10.1. The Hall–Kier alpha value is 0.360. The zero-order valence-corrected chi connectivity index (χ0v) is 17.3. The zero-order valence-electron chi connectivity index (χ0n) is 15.7. The van der Waals surface area contributed by atoms with Crippen molar-refractivity contribution >= 4 is 0 Å². The van der Waals surface area contributed by atoms with Crippen LogP contribution in [0.1, 0.15) is 84.0 Å². The molecule has 0 unspecified atom stereocenters. The third kappa shape index (κ3) is 17.0. The van der Waals surface area contributed by atoms with Crippen LogP contribution in [0.2, 0.25) is 0 Å². The number of hydrogen-bond donors (Lipinski definition) is 2. The molecule has 0 spiro atoms. The number of nitrogens with zero attached hydrogens (tertiary/aromatic N) is 1. The summed E-state index contributed by atoms with van der Waals surface area (Å²) in [5.41, 5.74) is 0. The Balaban J connectivity index is 0. The van der Waals surface area contributed by atoms with Gasteiger partial charge in [-0.2, -0.15) is 0 Å². The van der Waals surface area contributed by atoms with Crippen LogP contribution in [-0.2, 0) is 0 Å². The molecular weight excluding hydrogens is 354 g/mol. The van der Waals surface area contributed by atoms with E-state index in [-0.39, 0.29) is 30.2 Å². The Morgan fingerprint density at radius 3 is 1.26 bits per heavy atom. The highest BCUT2D eigenvalue weighted by Crippen LogP contribution is 2.13. The first-order valence-corrected chi connectivity index (χ1v) is 9.74. The molecule has 0 aromatic rings. The minimum absolute atomic E-state index is 0. The lowest BCUT2D eigenvalue weighted by Crippen LogP contribution is -3.00. The smallest absolute Gasteiger partial charge is 0.102 e. The Bertz CT molecular complexity index is 221. The summed E-state index contributed by atoms with van der Waals surface area (Å²) in [7, 11) is 2.14. The van der Waals surface area contributed by atoms with E-state index in [1.807, 2.05) is 0 Å². The molecule has 0 aliphatic carbocycles. The van der Waals surface area contributed by atoms with Crippen LogP contribution in [0.25, 0.3) is 0 Å². The molecule has 3 nitrogen and oxygen atoms in total. The second kappa shape index (κ2) is 18.7. The molecule has 0 aliphatic heterocycles. The van der Waals surface area contributed by atoms with E-state index < -0.39 is 0 Å². The number of aliphatic hydroxyl groups is 2. The monoisotopic (exact) mass is 395 g/mol. The largest absolute Gasteiger partial charge is 1.00 e. The highest BCUT2D eigenvalue weighted by molar-refractivity contribution is 4.49. The second-order valence-corrected chi connectivity index (χ2v) is 7.13. The quantitative estimate of drug-likeness (QED) is 0.286. The maximum atomic E-state index is 9.12. The molecule has 0 atom stereocenters. The summed E-state index contributed by atoms with van der Waals surface area (Å²) in [6.07, 6.45) is 16.5. The van der Waals surface area contributed by atoms with Gasteiger partial charge in [0.25, 0.3) is 0 Å². The molecule has 0 radical (unpaired) electrons. The Morgan fingerprint density at radius 1 is 0.565 bits per heavy atom. The minimum atomic E-state index is 0. The van der Waals surface area contributed by atoms with E-state index in [1.54, 1.807) is 0 Å². The molecule has 0 heterocycles. The van der Waals surface area contributed by atoms with Gasteiger partial charge in [-0.05, 0) is 12.8 Å². The molecule has 0 saturated carbocycles. The van der Waals surface area contributed by atoms with E-state index in [2.05, 4.69) is 14.0 Å². The predicted octanol–water partition coefficient (Wildman–Crippen LogP) is 1.12. The molecule has 0 aromatic carbocycles. The van der Waals surface area contributed by atoms with Crippen LogP contribution >= 0.6 is 0 Å². The standard InChI is InChI=1S/C19H42NO2.BrH/c1-3-4-5-6-7-8-9-10-11-12-13-14-15-20(2,16-18-21)17-19-22;/h21-22H,3-19H2,1-2H3;1H/q+1;/p-1. The molecule has 142 valence electrons. The second-order valence-electron chi connectivity index (χ2n) is 7.13. The third-order valence-corrected chi connectivity index (χ3v) is 4.83. The number of halogens is 1. The van der Waals surface area contributed by atoms with Crippen molar-refractivity contribution in [3.05, 3.63) is 0 Å². The van der Waals surface area contributed by atoms with Gasteiger partial charge in [0.2, 0.25) is 0 Å². The molecule has 0 amide bonds. The van der Waals surface area contributed by atoms with Gasteiger partial charge in [-0.15, -0.1) is 0 Å². The van der Waals surface area contributed by atoms with Crippen molar-refractivity contribution in [1.82, 2.24) is 0 Å². The van der Waals surface area contributed by atoms with Crippen LogP contribution in [-0.4, -0.2) is 54.6 Å². The van der Waals surface area contributed by atoms with E-state index in [9.17, 15) is 0 Å². The zero-order chi connectivity index (χ0) is 16.5. The van der Waals surface area contributed by atoms with Gasteiger partial charge in [-0.25, -0.2) is 0 Å². The maximum absolute atomic E-state index is 9.12. The average molecular weight is 396 g/mol. The Labute approximate surface area is 155 Å². The van der Waals surface area contributed by atoms with E-state index in [4.69, 9.17) is 10.2 Å². The van der Waals surface area contributed by atoms with Crippen molar-refractivity contribution < 1.29 is 31.7 Å². The fourth-order valence-electron chi connectivity index (χ4n) is 3.15. The first-order valence-electron chi connectivity index (χ1n) is 9.74. The summed E-state index contributed by atoms with van der Waals surface area (Å²) in [5.74, 6) is 0. The number of hydrogen-bond acceptors (Lipinski definition) is 2. The molecule has 23 heavy (non-hydrogen) atoms. The van der Waals surface area contributed by atoms with Crippen molar-refractivity contribution in [3.63, 3.8) is 0 Å². The van der Waals surface area contributed by atoms with Crippen molar-refractivity contribution in [2.24, 2.45) is 0 Å². The fraction of sp³-hybridized carbons (Fsp3) is 1.00. The van der Waals surface area contributed by atoms with Crippen LogP contribution in [0.3, 0.4) is 0 Å². The first-order chi connectivity index (χ1) is 10.7. The molecule has 0 aliphatic rings. The molecular formula is C19H42BrNO2. The summed E-state index contributed by atoms with van der Waals surface area (Å²) >= 11 is 0. The van der Waals surface area contributed by atoms with Gasteiger partial charge in [-0.1, -0.05) is 71.1 Å². The molecule has 0 saturated heterocycles. The minimum Gasteiger partial charge on any atom is -1.00 e. The van der Waals surface area contributed by atoms with E-state index >= 15 is 0 Å². The fourth-order valence-corrected chi connectivity index (χ4v) is 3.15. The van der Waals surface area contributed by atoms with Crippen molar-refractivity contribution in [2.45, 2.75) is 84.0 Å². The summed E-state index contributed by atoms with van der Waals surface area (Å²) < 4.78 is 0.810. The van der Waals surface area contributed by atoms with Gasteiger partial charge in [0.05, 0.1) is 26.8 Å². The summed E-state index contributed by atoms with van der Waals surface area (Å²) in [6, 6.07) is 0. The van der Waals surface area contributed by atoms with Crippen molar-refractivity contribution in [3.8, 4) is 0 Å². The van der Waals surface area contributed by atoms with Crippen LogP contribution in [0.4, 0.5) is 0 Å². The Morgan fingerprint density at radius 2 is 0.913 bits per heavy atom. The molecule has 0 rings (SSSR count). The highest BCUT2D eigenvalue weighted by Gasteiger charge is 2.19. The summed E-state index contributed by atoms with van der Waals surface area (Å²) in [4.78, 5) is 0. The lowest BCUT2D eigenvalue weighted by Gasteiger charge is -2.33. The van der Waals surface area contributed by atoms with Crippen LogP contribution in [0, 0.1) is 0 Å². The normalized spacial score (nSPS) is 11.5. The van der Waals surface area contributed by atoms with E-state index in [0.29, 0.717) is 0 Å². The van der Waals surface area contributed by atoms with Gasteiger partial charge in [-0.3, -0.25) is 0 Å².